The van der Waals surface area contributed by atoms with Crippen molar-refractivity contribution in [3.8, 4) is 0 Å². The summed E-state index contributed by atoms with van der Waals surface area (Å²) in [5, 5.41) is 6.35. The van der Waals surface area contributed by atoms with E-state index in [-0.39, 0.29) is 5.89 Å². The molecule has 13 heavy (non-hydrogen) atoms. The summed E-state index contributed by atoms with van der Waals surface area (Å²) in [6.07, 6.45) is 0. The average molecular weight is 399 g/mol. The van der Waals surface area contributed by atoms with Crippen LogP contribution in [0.15, 0.2) is 9.64 Å². The fourth-order valence-corrected chi connectivity index (χ4v) is 2.31. The maximum Gasteiger partial charge on any atom is 0.338 e. The van der Waals surface area contributed by atoms with Gasteiger partial charge in [0, 0.05) is 6.92 Å². The van der Waals surface area contributed by atoms with Crippen molar-refractivity contribution in [2.45, 2.75) is 13.6 Å². The molecule has 1 aromatic rings. The molecule has 0 spiro atoms. The van der Waals surface area contributed by atoms with Crippen LogP contribution in [0.5, 0.6) is 0 Å². The Morgan fingerprint density at radius 1 is 1.31 bits per heavy atom. The van der Waals surface area contributed by atoms with Gasteiger partial charge in [-0.25, -0.2) is 8.42 Å². The SMILES string of the molecule is Cc1nnc(S(=O)(=O)C(Br)(Br)Br)o1. The van der Waals surface area contributed by atoms with Gasteiger partial charge in [-0.15, -0.1) is 5.10 Å². The molecule has 1 aromatic heterocycles. The third-order valence-corrected chi connectivity index (χ3v) is 6.11. The molecular weight excluding hydrogens is 396 g/mol. The molecule has 1 rings (SSSR count). The number of alkyl halides is 3. The number of hydrogen-bond donors (Lipinski definition) is 0. The topological polar surface area (TPSA) is 73.1 Å². The van der Waals surface area contributed by atoms with Crippen LogP contribution in [-0.4, -0.2) is 20.1 Å². The minimum absolute atomic E-state index is 0.190. The van der Waals surface area contributed by atoms with Crippen LogP contribution in [0.1, 0.15) is 5.89 Å². The van der Waals surface area contributed by atoms with Crippen LogP contribution < -0.4 is 0 Å². The van der Waals surface area contributed by atoms with E-state index in [1.54, 1.807) is 0 Å². The molecule has 0 unspecified atom stereocenters. The number of aryl methyl sites for hydroxylation is 1. The van der Waals surface area contributed by atoms with E-state index in [0.29, 0.717) is 0 Å². The molecule has 0 saturated heterocycles. The Kier molecular flexibility index (Phi) is 3.21. The van der Waals surface area contributed by atoms with Crippen molar-refractivity contribution in [2.24, 2.45) is 0 Å². The van der Waals surface area contributed by atoms with Crippen molar-refractivity contribution in [3.63, 3.8) is 0 Å². The monoisotopic (exact) mass is 396 g/mol. The van der Waals surface area contributed by atoms with Gasteiger partial charge in [0.25, 0.3) is 9.84 Å². The summed E-state index contributed by atoms with van der Waals surface area (Å²) in [5.74, 6) is 0.190. The zero-order valence-electron chi connectivity index (χ0n) is 6.16. The third kappa shape index (κ3) is 2.31. The Labute approximate surface area is 99.6 Å². The lowest BCUT2D eigenvalue weighted by atomic mass is 10.8. The number of aromatic nitrogens is 2. The molecule has 9 heteroatoms. The lowest BCUT2D eigenvalue weighted by Crippen LogP contribution is -2.18. The fourth-order valence-electron chi connectivity index (χ4n) is 0.486. The Morgan fingerprint density at radius 3 is 2.15 bits per heavy atom. The largest absolute Gasteiger partial charge is 0.413 e. The normalized spacial score (nSPS) is 13.2. The first-order valence-electron chi connectivity index (χ1n) is 2.86. The van der Waals surface area contributed by atoms with Gasteiger partial charge in [-0.3, -0.25) is 0 Å². The zero-order chi connectivity index (χ0) is 10.3. The summed E-state index contributed by atoms with van der Waals surface area (Å²) >= 11 is 8.59. The minimum atomic E-state index is -3.75. The number of sulfone groups is 1. The Balaban J connectivity index is 3.24. The van der Waals surface area contributed by atoms with E-state index < -0.39 is 16.5 Å². The second-order valence-corrected chi connectivity index (χ2v) is 12.3. The standard InChI is InChI=1S/C4H3Br3N2O3S/c1-2-8-9-3(12-2)13(10,11)4(5,6)7/h1H3. The Morgan fingerprint density at radius 2 is 1.85 bits per heavy atom. The maximum absolute atomic E-state index is 11.5. The first-order chi connectivity index (χ1) is 5.75. The van der Waals surface area contributed by atoms with Crippen LogP contribution in [0.25, 0.3) is 0 Å². The van der Waals surface area contributed by atoms with Crippen molar-refractivity contribution in [1.29, 1.82) is 0 Å². The summed E-state index contributed by atoms with van der Waals surface area (Å²) in [5.41, 5.74) is 0. The molecular formula is C4H3Br3N2O3S. The van der Waals surface area contributed by atoms with E-state index in [9.17, 15) is 8.42 Å². The highest BCUT2D eigenvalue weighted by Gasteiger charge is 2.41. The summed E-state index contributed by atoms with van der Waals surface area (Å²) in [6, 6.07) is 0. The van der Waals surface area contributed by atoms with Crippen molar-refractivity contribution in [1.82, 2.24) is 10.2 Å². The van der Waals surface area contributed by atoms with Gasteiger partial charge in [-0.1, -0.05) is 5.10 Å². The highest BCUT2D eigenvalue weighted by Crippen LogP contribution is 2.42. The molecule has 5 nitrogen and oxygen atoms in total. The summed E-state index contributed by atoms with van der Waals surface area (Å²) in [7, 11) is -3.75. The summed E-state index contributed by atoms with van der Waals surface area (Å²) in [6.45, 7) is 1.50. The van der Waals surface area contributed by atoms with Gasteiger partial charge in [0.15, 0.2) is 0 Å². The van der Waals surface area contributed by atoms with E-state index in [1.807, 2.05) is 0 Å². The Hall–Kier alpha value is 0.530. The van der Waals surface area contributed by atoms with E-state index in [4.69, 9.17) is 4.42 Å². The van der Waals surface area contributed by atoms with Gasteiger partial charge in [-0.05, 0) is 47.8 Å². The number of nitrogens with zero attached hydrogens (tertiary/aromatic N) is 2. The molecule has 0 aliphatic carbocycles. The second kappa shape index (κ2) is 3.59. The van der Waals surface area contributed by atoms with Crippen molar-refractivity contribution in [2.75, 3.05) is 0 Å². The number of halogens is 3. The van der Waals surface area contributed by atoms with Crippen LogP contribution in [0.3, 0.4) is 0 Å². The third-order valence-electron chi connectivity index (χ3n) is 1.04. The van der Waals surface area contributed by atoms with Crippen LogP contribution in [0.2, 0.25) is 0 Å². The molecule has 74 valence electrons. The molecule has 1 heterocycles. The second-order valence-electron chi connectivity index (χ2n) is 2.04. The van der Waals surface area contributed by atoms with Crippen molar-refractivity contribution in [3.05, 3.63) is 5.89 Å². The van der Waals surface area contributed by atoms with Crippen molar-refractivity contribution >= 4 is 57.6 Å². The zero-order valence-corrected chi connectivity index (χ0v) is 11.7. The van der Waals surface area contributed by atoms with Gasteiger partial charge in [0.05, 0.1) is 0 Å². The summed E-state index contributed by atoms with van der Waals surface area (Å²) < 4.78 is 26.4. The highest BCUT2D eigenvalue weighted by molar-refractivity contribution is 9.42. The molecule has 0 saturated carbocycles. The fraction of sp³-hybridized carbons (Fsp3) is 0.500. The van der Waals surface area contributed by atoms with E-state index in [0.717, 1.165) is 0 Å². The first-order valence-corrected chi connectivity index (χ1v) is 6.73. The predicted molar refractivity (Wildman–Crippen MR) is 55.7 cm³/mol. The van der Waals surface area contributed by atoms with Crippen LogP contribution >= 0.6 is 47.8 Å². The summed E-state index contributed by atoms with van der Waals surface area (Å²) in [4.78, 5) is 0. The lowest BCUT2D eigenvalue weighted by Gasteiger charge is -2.08. The number of rotatable bonds is 1. The quantitative estimate of drug-likeness (QED) is 0.676. The highest BCUT2D eigenvalue weighted by atomic mass is 80.0. The average Bonchev–Trinajstić information content (AvgIpc) is 2.33. The van der Waals surface area contributed by atoms with E-state index in [1.165, 1.54) is 6.92 Å². The minimum Gasteiger partial charge on any atom is -0.413 e. The van der Waals surface area contributed by atoms with Crippen LogP contribution in [0, 0.1) is 6.92 Å². The van der Waals surface area contributed by atoms with Crippen LogP contribution in [-0.2, 0) is 9.84 Å². The first kappa shape index (κ1) is 11.6. The molecule has 0 fully saturated rings. The van der Waals surface area contributed by atoms with Crippen LogP contribution in [0.4, 0.5) is 0 Å². The molecule has 0 N–H and O–H groups in total. The van der Waals surface area contributed by atoms with E-state index in [2.05, 4.69) is 58.0 Å². The molecule has 0 atom stereocenters. The lowest BCUT2D eigenvalue weighted by molar-refractivity contribution is 0.410. The molecule has 0 amide bonds. The molecule has 0 aliphatic heterocycles. The van der Waals surface area contributed by atoms with Gasteiger partial charge >= 0.3 is 5.22 Å². The van der Waals surface area contributed by atoms with Gasteiger partial charge in [-0.2, -0.15) is 0 Å². The van der Waals surface area contributed by atoms with Gasteiger partial charge < -0.3 is 4.42 Å². The van der Waals surface area contributed by atoms with Crippen molar-refractivity contribution < 1.29 is 12.8 Å². The molecule has 0 aliphatic rings. The predicted octanol–water partition coefficient (Wildman–Crippen LogP) is 1.95. The maximum atomic E-state index is 11.5. The molecule has 0 aromatic carbocycles. The van der Waals surface area contributed by atoms with Gasteiger partial charge in [0.1, 0.15) is 0 Å². The smallest absolute Gasteiger partial charge is 0.338 e. The van der Waals surface area contributed by atoms with Gasteiger partial charge in [0.2, 0.25) is 7.37 Å². The molecule has 0 radical (unpaired) electrons. The molecule has 0 bridgehead atoms. The van der Waals surface area contributed by atoms with E-state index >= 15 is 0 Å². The number of hydrogen-bond acceptors (Lipinski definition) is 5. The Bertz CT molecular complexity index is 407.